The summed E-state index contributed by atoms with van der Waals surface area (Å²) >= 11 is 8.57. The molecule has 0 saturated heterocycles. The summed E-state index contributed by atoms with van der Waals surface area (Å²) in [5.74, 6) is 0.109. The number of nitrogens with zero attached hydrogens (tertiary/aromatic N) is 3. The van der Waals surface area contributed by atoms with Crippen LogP contribution in [0.1, 0.15) is 0 Å². The lowest BCUT2D eigenvalue weighted by Gasteiger charge is -1.95. The topological polar surface area (TPSA) is 61.0 Å². The second-order valence-electron chi connectivity index (χ2n) is 2.64. The van der Waals surface area contributed by atoms with E-state index in [9.17, 15) is 10.1 Å². The van der Waals surface area contributed by atoms with E-state index < -0.39 is 4.92 Å². The van der Waals surface area contributed by atoms with E-state index in [1.165, 1.54) is 10.9 Å². The number of hydrogen-bond acceptors (Lipinski definition) is 3. The number of hydrogen-bond donors (Lipinski definition) is 0. The van der Waals surface area contributed by atoms with E-state index in [2.05, 4.69) is 27.6 Å². The van der Waals surface area contributed by atoms with E-state index in [4.69, 9.17) is 11.6 Å². The molecule has 14 heavy (non-hydrogen) atoms. The van der Waals surface area contributed by atoms with Crippen LogP contribution >= 0.6 is 27.5 Å². The molecule has 0 N–H and O–H groups in total. The van der Waals surface area contributed by atoms with Crippen LogP contribution in [-0.2, 0) is 6.54 Å². The Balaban J connectivity index is 2.86. The molecule has 0 aliphatic rings. The van der Waals surface area contributed by atoms with Gasteiger partial charge in [0.15, 0.2) is 0 Å². The molecule has 0 saturated carbocycles. The van der Waals surface area contributed by atoms with Gasteiger partial charge in [-0.1, -0.05) is 6.58 Å². The summed E-state index contributed by atoms with van der Waals surface area (Å²) in [5, 5.41) is 14.2. The van der Waals surface area contributed by atoms with Crippen molar-refractivity contribution < 1.29 is 4.92 Å². The first kappa shape index (κ1) is 11.2. The van der Waals surface area contributed by atoms with Crippen molar-refractivity contribution in [3.8, 4) is 0 Å². The van der Waals surface area contributed by atoms with Crippen LogP contribution in [0.5, 0.6) is 0 Å². The summed E-state index contributed by atoms with van der Waals surface area (Å²) in [7, 11) is 0. The minimum Gasteiger partial charge on any atom is -0.358 e. The molecule has 5 nitrogen and oxygen atoms in total. The van der Waals surface area contributed by atoms with E-state index in [0.29, 0.717) is 16.9 Å². The van der Waals surface area contributed by atoms with E-state index >= 15 is 0 Å². The first-order valence-corrected chi connectivity index (χ1v) is 4.97. The lowest BCUT2D eigenvalue weighted by atomic mass is 10.3. The van der Waals surface area contributed by atoms with Gasteiger partial charge in [0.05, 0.1) is 17.8 Å². The molecule has 1 aromatic rings. The summed E-state index contributed by atoms with van der Waals surface area (Å²) in [6.07, 6.45) is 1.52. The molecule has 7 heteroatoms. The van der Waals surface area contributed by atoms with Crippen LogP contribution in [-0.4, -0.2) is 20.6 Å². The molecule has 0 atom stereocenters. The van der Waals surface area contributed by atoms with Gasteiger partial charge in [0.2, 0.25) is 0 Å². The van der Waals surface area contributed by atoms with Crippen molar-refractivity contribution in [1.29, 1.82) is 0 Å². The first-order chi connectivity index (χ1) is 6.54. The summed E-state index contributed by atoms with van der Waals surface area (Å²) in [5.41, 5.74) is 0.747. The fourth-order valence-electron chi connectivity index (χ4n) is 0.863. The predicted octanol–water partition coefficient (Wildman–Crippen LogP) is 2.35. The zero-order valence-electron chi connectivity index (χ0n) is 7.11. The van der Waals surface area contributed by atoms with Crippen LogP contribution in [0.15, 0.2) is 22.8 Å². The van der Waals surface area contributed by atoms with Crippen LogP contribution in [0.2, 0.25) is 0 Å². The Morgan fingerprint density at radius 1 is 1.86 bits per heavy atom. The molecule has 1 rings (SSSR count). The number of allylic oxidation sites excluding steroid dienone is 1. The van der Waals surface area contributed by atoms with Gasteiger partial charge in [-0.2, -0.15) is 4.68 Å². The molecule has 0 unspecified atom stereocenters. The molecule has 0 bridgehead atoms. The van der Waals surface area contributed by atoms with Gasteiger partial charge in [0.1, 0.15) is 4.47 Å². The van der Waals surface area contributed by atoms with Crippen molar-refractivity contribution >= 4 is 33.3 Å². The molecular weight excluding hydrogens is 273 g/mol. The van der Waals surface area contributed by atoms with Crippen molar-refractivity contribution in [3.05, 3.63) is 32.9 Å². The van der Waals surface area contributed by atoms with Crippen LogP contribution in [0.25, 0.3) is 0 Å². The smallest absolute Gasteiger partial charge is 0.358 e. The van der Waals surface area contributed by atoms with Gasteiger partial charge >= 0.3 is 5.82 Å². The standard InChI is InChI=1S/C7H7BrClN3O2/c1-5(2-9)3-11-4-6(8)7(10-11)12(13)14/h4H,1-3H2. The van der Waals surface area contributed by atoms with Gasteiger partial charge in [0.25, 0.3) is 0 Å². The van der Waals surface area contributed by atoms with Gasteiger partial charge in [-0.25, -0.2) is 0 Å². The minimum absolute atomic E-state index is 0.202. The van der Waals surface area contributed by atoms with Gasteiger partial charge in [-0.15, -0.1) is 11.6 Å². The lowest BCUT2D eigenvalue weighted by Crippen LogP contribution is -2.02. The third-order valence-electron chi connectivity index (χ3n) is 1.45. The molecule has 1 heterocycles. The fourth-order valence-corrected chi connectivity index (χ4v) is 1.41. The Bertz CT molecular complexity index is 377. The Labute approximate surface area is 93.6 Å². The van der Waals surface area contributed by atoms with Crippen LogP contribution < -0.4 is 0 Å². The highest BCUT2D eigenvalue weighted by Crippen LogP contribution is 2.22. The second-order valence-corrected chi connectivity index (χ2v) is 3.76. The summed E-state index contributed by atoms with van der Waals surface area (Å²) < 4.78 is 1.78. The molecular formula is C7H7BrClN3O2. The molecule has 1 aromatic heterocycles. The summed E-state index contributed by atoms with van der Waals surface area (Å²) in [6.45, 7) is 4.06. The normalized spacial score (nSPS) is 10.1. The molecule has 0 fully saturated rings. The number of nitro groups is 1. The average Bonchev–Trinajstić information content (AvgIpc) is 2.46. The van der Waals surface area contributed by atoms with Crippen molar-refractivity contribution in [3.63, 3.8) is 0 Å². The van der Waals surface area contributed by atoms with E-state index in [1.807, 2.05) is 0 Å². The SMILES string of the molecule is C=C(CCl)Cn1cc(Br)c([N+](=O)[O-])n1. The molecule has 0 aliphatic carbocycles. The molecule has 0 radical (unpaired) electrons. The molecule has 0 aromatic carbocycles. The molecule has 76 valence electrons. The number of halogens is 2. The minimum atomic E-state index is -0.552. The largest absolute Gasteiger partial charge is 0.404 e. The first-order valence-electron chi connectivity index (χ1n) is 3.64. The van der Waals surface area contributed by atoms with Crippen molar-refractivity contribution in [2.45, 2.75) is 6.54 Å². The highest BCUT2D eigenvalue weighted by molar-refractivity contribution is 9.10. The van der Waals surface area contributed by atoms with E-state index in [0.717, 1.165) is 5.57 Å². The summed E-state index contributed by atoms with van der Waals surface area (Å²) in [6, 6.07) is 0. The average molecular weight is 281 g/mol. The lowest BCUT2D eigenvalue weighted by molar-refractivity contribution is -0.390. The maximum atomic E-state index is 10.4. The third kappa shape index (κ3) is 2.55. The van der Waals surface area contributed by atoms with Crippen molar-refractivity contribution in [2.75, 3.05) is 5.88 Å². The second kappa shape index (κ2) is 4.56. The quantitative estimate of drug-likeness (QED) is 0.368. The maximum Gasteiger partial charge on any atom is 0.404 e. The molecule has 0 spiro atoms. The fraction of sp³-hybridized carbons (Fsp3) is 0.286. The third-order valence-corrected chi connectivity index (χ3v) is 2.38. The van der Waals surface area contributed by atoms with Gasteiger partial charge in [-0.05, 0) is 26.4 Å². The Hall–Kier alpha value is -0.880. The van der Waals surface area contributed by atoms with Crippen LogP contribution in [0.4, 0.5) is 5.82 Å². The van der Waals surface area contributed by atoms with Crippen LogP contribution in [0, 0.1) is 10.1 Å². The number of aromatic nitrogens is 2. The number of rotatable bonds is 4. The van der Waals surface area contributed by atoms with Gasteiger partial charge in [0, 0.05) is 5.88 Å². The Kier molecular flexibility index (Phi) is 3.65. The highest BCUT2D eigenvalue weighted by atomic mass is 79.9. The zero-order chi connectivity index (χ0) is 10.7. The summed E-state index contributed by atoms with van der Waals surface area (Å²) in [4.78, 5) is 9.89. The molecule has 0 aliphatic heterocycles. The maximum absolute atomic E-state index is 10.4. The van der Waals surface area contributed by atoms with Crippen LogP contribution in [0.3, 0.4) is 0 Å². The van der Waals surface area contributed by atoms with Gasteiger partial charge < -0.3 is 10.1 Å². The van der Waals surface area contributed by atoms with Crippen molar-refractivity contribution in [2.24, 2.45) is 0 Å². The van der Waals surface area contributed by atoms with E-state index in [-0.39, 0.29) is 5.82 Å². The zero-order valence-corrected chi connectivity index (χ0v) is 9.45. The predicted molar refractivity (Wildman–Crippen MR) is 56.4 cm³/mol. The van der Waals surface area contributed by atoms with Crippen molar-refractivity contribution in [1.82, 2.24) is 9.78 Å². The van der Waals surface area contributed by atoms with Gasteiger partial charge in [-0.3, -0.25) is 0 Å². The number of alkyl halides is 1. The van der Waals surface area contributed by atoms with E-state index in [1.54, 1.807) is 0 Å². The Morgan fingerprint density at radius 2 is 2.50 bits per heavy atom. The molecule has 0 amide bonds. The monoisotopic (exact) mass is 279 g/mol. The Morgan fingerprint density at radius 3 is 2.93 bits per heavy atom. The highest BCUT2D eigenvalue weighted by Gasteiger charge is 2.18.